The summed E-state index contributed by atoms with van der Waals surface area (Å²) in [5.41, 5.74) is 2.34. The Morgan fingerprint density at radius 2 is 1.32 bits per heavy atom. The number of urea groups is 1. The molecule has 22 nitrogen and oxygen atoms in total. The van der Waals surface area contributed by atoms with Gasteiger partial charge in [0.15, 0.2) is 0 Å². The molecule has 1 aromatic heterocycles. The van der Waals surface area contributed by atoms with Gasteiger partial charge in [0.2, 0.25) is 5.91 Å². The van der Waals surface area contributed by atoms with Crippen molar-refractivity contribution in [2.75, 3.05) is 71.2 Å². The van der Waals surface area contributed by atoms with Gasteiger partial charge in [0.25, 0.3) is 5.91 Å². The lowest BCUT2D eigenvalue weighted by atomic mass is 10.1. The van der Waals surface area contributed by atoms with Gasteiger partial charge in [-0.2, -0.15) is 0 Å². The molecule has 0 aliphatic heterocycles. The number of hydrogen-bond acceptors (Lipinski definition) is 14. The minimum absolute atomic E-state index is 0.101. The fraction of sp³-hybridized carbons (Fsp3) is 0.622. The van der Waals surface area contributed by atoms with Crippen molar-refractivity contribution in [3.05, 3.63) is 41.7 Å². The zero-order valence-electron chi connectivity index (χ0n) is 33.2. The van der Waals surface area contributed by atoms with Gasteiger partial charge in [-0.3, -0.25) is 23.9 Å². The van der Waals surface area contributed by atoms with Gasteiger partial charge in [0.1, 0.15) is 18.7 Å². The van der Waals surface area contributed by atoms with Crippen molar-refractivity contribution >= 4 is 41.4 Å². The van der Waals surface area contributed by atoms with Crippen LogP contribution in [0.2, 0.25) is 0 Å². The van der Waals surface area contributed by atoms with Crippen LogP contribution in [0.4, 0.5) is 10.5 Å². The van der Waals surface area contributed by atoms with E-state index in [2.05, 4.69) is 41.7 Å². The third-order valence-electron chi connectivity index (χ3n) is 8.46. The number of nitrogens with zero attached hydrogens (tertiary/aromatic N) is 3. The maximum atomic E-state index is 12.4. The predicted octanol–water partition coefficient (Wildman–Crippen LogP) is 0.520. The largest absolute Gasteiger partial charge is 0.481 e. The van der Waals surface area contributed by atoms with Crippen LogP contribution in [0, 0.1) is 0 Å². The minimum Gasteiger partial charge on any atom is -0.481 e. The summed E-state index contributed by atoms with van der Waals surface area (Å²) in [6, 6.07) is 3.56. The van der Waals surface area contributed by atoms with Crippen LogP contribution in [0.1, 0.15) is 73.8 Å². The number of carboxylic acid groups (broad SMARTS) is 3. The number of benzene rings is 1. The molecular weight excluding hydrogens is 778 g/mol. The number of carbonyl (C=O) groups excluding carboxylic acids is 3. The Hall–Kier alpha value is -5.42. The van der Waals surface area contributed by atoms with Gasteiger partial charge >= 0.3 is 23.9 Å². The Morgan fingerprint density at radius 1 is 0.712 bits per heavy atom. The van der Waals surface area contributed by atoms with Crippen LogP contribution in [-0.2, 0) is 51.2 Å². The second kappa shape index (κ2) is 30.6. The van der Waals surface area contributed by atoms with Gasteiger partial charge in [-0.1, -0.05) is 18.1 Å². The van der Waals surface area contributed by atoms with Crippen molar-refractivity contribution in [1.82, 2.24) is 36.3 Å². The molecule has 1 aromatic carbocycles. The van der Waals surface area contributed by atoms with Crippen LogP contribution >= 0.6 is 0 Å². The number of nitrogens with two attached hydrogens (primary N) is 1. The highest BCUT2D eigenvalue weighted by Gasteiger charge is 2.24. The average molecular weight is 838 g/mol. The van der Waals surface area contributed by atoms with Crippen molar-refractivity contribution in [1.29, 1.82) is 0 Å². The zero-order valence-corrected chi connectivity index (χ0v) is 33.2. The van der Waals surface area contributed by atoms with E-state index in [4.69, 9.17) is 25.2 Å². The molecule has 0 aliphatic rings. The third kappa shape index (κ3) is 24.2. The number of amides is 4. The van der Waals surface area contributed by atoms with E-state index in [1.165, 1.54) is 0 Å². The van der Waals surface area contributed by atoms with E-state index in [9.17, 15) is 39.0 Å². The van der Waals surface area contributed by atoms with Gasteiger partial charge in [0.05, 0.1) is 45.3 Å². The van der Waals surface area contributed by atoms with Crippen molar-refractivity contribution < 1.29 is 63.1 Å². The number of unbranched alkanes of at least 4 members (excludes halogenated alkanes) is 4. The Morgan fingerprint density at radius 3 is 1.95 bits per heavy atom. The molecule has 22 heteroatoms. The highest BCUT2D eigenvalue weighted by atomic mass is 16.6. The molecule has 330 valence electrons. The van der Waals surface area contributed by atoms with E-state index >= 15 is 0 Å². The summed E-state index contributed by atoms with van der Waals surface area (Å²) in [6.45, 7) is 4.06. The topological polar surface area (TPSA) is 317 Å². The Bertz CT molecular complexity index is 1550. The molecule has 0 fully saturated rings. The molecular formula is C37H59N9O13. The number of nitrogens with one attached hydrogen (secondary N) is 5. The number of rotatable bonds is 35. The fourth-order valence-corrected chi connectivity index (χ4v) is 5.35. The minimum atomic E-state index is -1.46. The summed E-state index contributed by atoms with van der Waals surface area (Å²) in [5.74, 6) is 0.402. The van der Waals surface area contributed by atoms with Gasteiger partial charge in [0, 0.05) is 50.0 Å². The second-order valence-corrected chi connectivity index (χ2v) is 13.2. The molecule has 59 heavy (non-hydrogen) atoms. The number of aromatic nitrogens is 3. The molecule has 10 N–H and O–H groups in total. The molecule has 2 rings (SSSR count). The lowest BCUT2D eigenvalue weighted by molar-refractivity contribution is -0.141. The molecule has 0 saturated carbocycles. The first-order valence-corrected chi connectivity index (χ1v) is 19.6. The summed E-state index contributed by atoms with van der Waals surface area (Å²) < 4.78 is 17.9. The molecule has 0 saturated heterocycles. The first-order chi connectivity index (χ1) is 28.5. The van der Waals surface area contributed by atoms with E-state index in [0.717, 1.165) is 50.0 Å². The monoisotopic (exact) mass is 837 g/mol. The molecule has 0 spiro atoms. The van der Waals surface area contributed by atoms with Gasteiger partial charge in [-0.15, -0.1) is 5.10 Å². The molecule has 0 bridgehead atoms. The molecule has 0 radical (unpaired) electrons. The molecule has 1 heterocycles. The zero-order chi connectivity index (χ0) is 43.1. The fourth-order valence-electron chi connectivity index (χ4n) is 5.35. The number of hydrogen-bond donors (Lipinski definition) is 9. The summed E-state index contributed by atoms with van der Waals surface area (Å²) in [5, 5.41) is 48.9. The van der Waals surface area contributed by atoms with E-state index in [0.29, 0.717) is 77.7 Å². The Labute approximate surface area is 342 Å². The quantitative estimate of drug-likeness (QED) is 0.0338. The number of carboxylic acids is 3. The van der Waals surface area contributed by atoms with Gasteiger partial charge in [-0.25, -0.2) is 20.3 Å². The average Bonchev–Trinajstić information content (AvgIpc) is 3.66. The normalized spacial score (nSPS) is 11.9. The predicted molar refractivity (Wildman–Crippen MR) is 210 cm³/mol. The van der Waals surface area contributed by atoms with Crippen molar-refractivity contribution in [2.24, 2.45) is 5.90 Å². The van der Waals surface area contributed by atoms with Crippen LogP contribution in [0.15, 0.2) is 30.5 Å². The number of aryl methyl sites for hydroxylation is 2. The Balaban J connectivity index is 1.48. The van der Waals surface area contributed by atoms with Gasteiger partial charge < -0.3 is 56.1 Å². The maximum Gasteiger partial charge on any atom is 0.326 e. The maximum absolute atomic E-state index is 12.4. The molecule has 0 aliphatic carbocycles. The van der Waals surface area contributed by atoms with E-state index < -0.39 is 42.4 Å². The number of ether oxygens (including phenoxy) is 3. The molecule has 2 atom stereocenters. The highest BCUT2D eigenvalue weighted by molar-refractivity contribution is 5.94. The lowest BCUT2D eigenvalue weighted by Gasteiger charge is -2.18. The molecule has 4 amide bonds. The molecule has 0 unspecified atom stereocenters. The van der Waals surface area contributed by atoms with Crippen LogP contribution in [-0.4, -0.2) is 144 Å². The van der Waals surface area contributed by atoms with Crippen LogP contribution in [0.25, 0.3) is 0 Å². The van der Waals surface area contributed by atoms with Crippen LogP contribution < -0.4 is 32.5 Å². The summed E-state index contributed by atoms with van der Waals surface area (Å²) in [7, 11) is 0. The van der Waals surface area contributed by atoms with Crippen molar-refractivity contribution in [3.8, 4) is 0 Å². The van der Waals surface area contributed by atoms with E-state index in [1.807, 2.05) is 18.3 Å². The van der Waals surface area contributed by atoms with Crippen LogP contribution in [0.5, 0.6) is 0 Å². The molecule has 2 aromatic rings. The number of anilines is 1. The van der Waals surface area contributed by atoms with Crippen LogP contribution in [0.3, 0.4) is 0 Å². The summed E-state index contributed by atoms with van der Waals surface area (Å²) >= 11 is 0. The van der Waals surface area contributed by atoms with Crippen molar-refractivity contribution in [2.45, 2.75) is 82.8 Å². The van der Waals surface area contributed by atoms with E-state index in [-0.39, 0.29) is 31.3 Å². The van der Waals surface area contributed by atoms with Gasteiger partial charge in [-0.05, 0) is 69.2 Å². The standard InChI is InChI=1S/C37H59N9O13/c38-59-26-32(47)40-16-19-56-21-23-58-24-22-57-20-17-41-34(50)27-9-11-28(12-10-27)39-15-5-2-1-3-7-29-25-46(45-44-29)18-6-4-8-30(35(51)52)42-37(55)43-31(36(53)54)13-14-33(48)49/h9-12,25,30-31,39H,1-8,13-24,26,38H2,(H,40,47)(H,41,50)(H,48,49)(H,51,52)(H,53,54)(H2,42,43,55)/t30-,31-/m0/s1. The smallest absolute Gasteiger partial charge is 0.326 e. The summed E-state index contributed by atoms with van der Waals surface area (Å²) in [4.78, 5) is 73.6. The highest BCUT2D eigenvalue weighted by Crippen LogP contribution is 2.12. The third-order valence-corrected chi connectivity index (χ3v) is 8.46. The lowest BCUT2D eigenvalue weighted by Crippen LogP contribution is -2.51. The SMILES string of the molecule is NOCC(=O)NCCOCCOCCOCCNC(=O)c1ccc(NCCCCCCc2cn(CCCC[C@H](NC(=O)N[C@@H](CCC(=O)O)C(=O)O)C(=O)O)nn2)cc1. The number of carbonyl (C=O) groups is 6. The second-order valence-electron chi connectivity index (χ2n) is 13.2. The number of aliphatic carboxylic acids is 3. The van der Waals surface area contributed by atoms with E-state index in [1.54, 1.807) is 16.8 Å². The summed E-state index contributed by atoms with van der Waals surface area (Å²) in [6.07, 6.45) is 6.89. The van der Waals surface area contributed by atoms with Crippen molar-refractivity contribution in [3.63, 3.8) is 0 Å². The first kappa shape index (κ1) is 49.7. The Kier molecular flexibility index (Phi) is 25.8. The first-order valence-electron chi connectivity index (χ1n) is 19.6.